The normalized spacial score (nSPS) is 17.6. The van der Waals surface area contributed by atoms with Crippen LogP contribution < -0.4 is 5.73 Å². The molecule has 2 rings (SSSR count). The van der Waals surface area contributed by atoms with E-state index in [0.29, 0.717) is 6.61 Å². The molecule has 1 fully saturated rings. The molecule has 3 nitrogen and oxygen atoms in total. The first-order valence-corrected chi connectivity index (χ1v) is 7.72. The van der Waals surface area contributed by atoms with Gasteiger partial charge in [-0.2, -0.15) is 0 Å². The van der Waals surface area contributed by atoms with E-state index in [0.717, 1.165) is 24.3 Å². The molecule has 0 heterocycles. The van der Waals surface area contributed by atoms with Crippen molar-refractivity contribution in [1.82, 2.24) is 0 Å². The smallest absolute Gasteiger partial charge is 0.323 e. The summed E-state index contributed by atoms with van der Waals surface area (Å²) in [5, 5.41) is 0. The Morgan fingerprint density at radius 2 is 1.90 bits per heavy atom. The summed E-state index contributed by atoms with van der Waals surface area (Å²) in [6.07, 6.45) is 8.43. The minimum Gasteiger partial charge on any atom is -0.460 e. The van der Waals surface area contributed by atoms with Gasteiger partial charge < -0.3 is 10.5 Å². The minimum absolute atomic E-state index is 0.273. The summed E-state index contributed by atoms with van der Waals surface area (Å²) in [6, 6.07) is 9.24. The van der Waals surface area contributed by atoms with Crippen molar-refractivity contribution in [2.24, 2.45) is 11.7 Å². The summed E-state index contributed by atoms with van der Waals surface area (Å²) < 4.78 is 5.27. The van der Waals surface area contributed by atoms with Crippen molar-refractivity contribution < 1.29 is 9.53 Å². The second-order valence-corrected chi connectivity index (χ2v) is 5.78. The van der Waals surface area contributed by atoms with Crippen LogP contribution in [0.4, 0.5) is 0 Å². The standard InChI is InChI=1S/C17H25NO2/c18-16(12-11-14-7-3-1-4-8-14)17(19)20-13-15-9-5-2-6-10-15/h2,5-6,9-10,14,16H,1,3-4,7-8,11-13,18H2/t16-/m0/s1. The predicted octanol–water partition coefficient (Wildman–Crippen LogP) is 3.42. The molecule has 1 atom stereocenters. The Bertz CT molecular complexity index is 399. The van der Waals surface area contributed by atoms with Crippen molar-refractivity contribution >= 4 is 5.97 Å². The lowest BCUT2D eigenvalue weighted by Gasteiger charge is -2.22. The quantitative estimate of drug-likeness (QED) is 0.809. The van der Waals surface area contributed by atoms with Gasteiger partial charge in [0.15, 0.2) is 0 Å². The van der Waals surface area contributed by atoms with Gasteiger partial charge in [-0.25, -0.2) is 0 Å². The van der Waals surface area contributed by atoms with Gasteiger partial charge in [0.25, 0.3) is 0 Å². The molecule has 1 aliphatic carbocycles. The maximum atomic E-state index is 11.8. The zero-order valence-corrected chi connectivity index (χ0v) is 12.1. The van der Waals surface area contributed by atoms with Crippen LogP contribution >= 0.6 is 0 Å². The first-order valence-electron chi connectivity index (χ1n) is 7.72. The minimum atomic E-state index is -0.472. The van der Waals surface area contributed by atoms with Gasteiger partial charge >= 0.3 is 5.97 Å². The molecule has 0 unspecified atom stereocenters. The number of hydrogen-bond donors (Lipinski definition) is 1. The van der Waals surface area contributed by atoms with Crippen LogP contribution in [0.25, 0.3) is 0 Å². The molecular formula is C17H25NO2. The Hall–Kier alpha value is -1.35. The number of hydrogen-bond acceptors (Lipinski definition) is 3. The molecule has 0 radical (unpaired) electrons. The first-order chi connectivity index (χ1) is 9.75. The van der Waals surface area contributed by atoms with Crippen molar-refractivity contribution in [2.45, 2.75) is 57.6 Å². The maximum Gasteiger partial charge on any atom is 0.323 e. The number of ether oxygens (including phenoxy) is 1. The molecule has 1 aromatic carbocycles. The SMILES string of the molecule is N[C@@H](CCC1CCCCC1)C(=O)OCc1ccccc1. The second-order valence-electron chi connectivity index (χ2n) is 5.78. The van der Waals surface area contributed by atoms with Gasteiger partial charge in [-0.15, -0.1) is 0 Å². The number of nitrogens with two attached hydrogens (primary N) is 1. The van der Waals surface area contributed by atoms with Crippen LogP contribution in [0.5, 0.6) is 0 Å². The Morgan fingerprint density at radius 3 is 2.60 bits per heavy atom. The van der Waals surface area contributed by atoms with Gasteiger partial charge in [0, 0.05) is 0 Å². The molecule has 20 heavy (non-hydrogen) atoms. The monoisotopic (exact) mass is 275 g/mol. The van der Waals surface area contributed by atoms with Crippen LogP contribution in [0.1, 0.15) is 50.5 Å². The highest BCUT2D eigenvalue weighted by molar-refractivity contribution is 5.75. The van der Waals surface area contributed by atoms with Crippen molar-refractivity contribution in [3.63, 3.8) is 0 Å². The molecule has 0 bridgehead atoms. The molecule has 0 spiro atoms. The van der Waals surface area contributed by atoms with E-state index >= 15 is 0 Å². The lowest BCUT2D eigenvalue weighted by molar-refractivity contribution is -0.146. The van der Waals surface area contributed by atoms with Crippen LogP contribution in [0.2, 0.25) is 0 Å². The van der Waals surface area contributed by atoms with E-state index in [1.54, 1.807) is 0 Å². The summed E-state index contributed by atoms with van der Waals surface area (Å²) in [6.45, 7) is 0.316. The van der Waals surface area contributed by atoms with Crippen molar-refractivity contribution in [1.29, 1.82) is 0 Å². The van der Waals surface area contributed by atoms with Crippen molar-refractivity contribution in [2.75, 3.05) is 0 Å². The molecule has 3 heteroatoms. The average Bonchev–Trinajstić information content (AvgIpc) is 2.52. The van der Waals surface area contributed by atoms with Crippen LogP contribution in [0, 0.1) is 5.92 Å². The fourth-order valence-corrected chi connectivity index (χ4v) is 2.84. The summed E-state index contributed by atoms with van der Waals surface area (Å²) in [5.41, 5.74) is 6.92. The summed E-state index contributed by atoms with van der Waals surface area (Å²) >= 11 is 0. The third kappa shape index (κ3) is 4.97. The molecule has 0 saturated heterocycles. The van der Waals surface area contributed by atoms with Crippen molar-refractivity contribution in [3.8, 4) is 0 Å². The number of carbonyl (C=O) groups excluding carboxylic acids is 1. The fourth-order valence-electron chi connectivity index (χ4n) is 2.84. The lowest BCUT2D eigenvalue weighted by Crippen LogP contribution is -2.32. The van der Waals surface area contributed by atoms with Gasteiger partial charge in [0.1, 0.15) is 12.6 Å². The number of esters is 1. The molecule has 0 aromatic heterocycles. The topological polar surface area (TPSA) is 52.3 Å². The van der Waals surface area contributed by atoms with Crippen molar-refractivity contribution in [3.05, 3.63) is 35.9 Å². The summed E-state index contributed by atoms with van der Waals surface area (Å²) in [7, 11) is 0. The van der Waals surface area contributed by atoms with E-state index in [1.807, 2.05) is 30.3 Å². The van der Waals surface area contributed by atoms with E-state index in [-0.39, 0.29) is 5.97 Å². The predicted molar refractivity (Wildman–Crippen MR) is 80.0 cm³/mol. The van der Waals surface area contributed by atoms with Gasteiger partial charge in [-0.3, -0.25) is 4.79 Å². The maximum absolute atomic E-state index is 11.8. The van der Waals surface area contributed by atoms with Crippen LogP contribution in [-0.4, -0.2) is 12.0 Å². The largest absolute Gasteiger partial charge is 0.460 e. The van der Waals surface area contributed by atoms with Crippen LogP contribution in [-0.2, 0) is 16.1 Å². The molecule has 0 amide bonds. The van der Waals surface area contributed by atoms with Gasteiger partial charge in [0.2, 0.25) is 0 Å². The highest BCUT2D eigenvalue weighted by Crippen LogP contribution is 2.27. The summed E-state index contributed by atoms with van der Waals surface area (Å²) in [4.78, 5) is 11.8. The number of benzene rings is 1. The Balaban J connectivity index is 1.66. The molecular weight excluding hydrogens is 250 g/mol. The van der Waals surface area contributed by atoms with Gasteiger partial charge in [-0.05, 0) is 24.3 Å². The van der Waals surface area contributed by atoms with E-state index in [2.05, 4.69) is 0 Å². The van der Waals surface area contributed by atoms with Gasteiger partial charge in [-0.1, -0.05) is 62.4 Å². The molecule has 1 aromatic rings. The average molecular weight is 275 g/mol. The Labute approximate surface area is 121 Å². The fraction of sp³-hybridized carbons (Fsp3) is 0.588. The van der Waals surface area contributed by atoms with Crippen LogP contribution in [0.3, 0.4) is 0 Å². The Morgan fingerprint density at radius 1 is 1.20 bits per heavy atom. The number of rotatable bonds is 6. The zero-order chi connectivity index (χ0) is 14.2. The molecule has 110 valence electrons. The summed E-state index contributed by atoms with van der Waals surface area (Å²) in [5.74, 6) is 0.487. The third-order valence-electron chi connectivity index (χ3n) is 4.14. The molecule has 0 aliphatic heterocycles. The first kappa shape index (κ1) is 15.0. The van der Waals surface area contributed by atoms with E-state index in [4.69, 9.17) is 10.5 Å². The lowest BCUT2D eigenvalue weighted by atomic mass is 9.85. The zero-order valence-electron chi connectivity index (χ0n) is 12.1. The van der Waals surface area contributed by atoms with Crippen LogP contribution in [0.15, 0.2) is 30.3 Å². The van der Waals surface area contributed by atoms with Gasteiger partial charge in [0.05, 0.1) is 0 Å². The molecule has 1 saturated carbocycles. The molecule has 2 N–H and O–H groups in total. The van der Waals surface area contributed by atoms with E-state index < -0.39 is 6.04 Å². The second kappa shape index (κ2) is 8.05. The number of carbonyl (C=O) groups is 1. The highest BCUT2D eigenvalue weighted by atomic mass is 16.5. The third-order valence-corrected chi connectivity index (χ3v) is 4.14. The highest BCUT2D eigenvalue weighted by Gasteiger charge is 2.19. The van der Waals surface area contributed by atoms with E-state index in [1.165, 1.54) is 32.1 Å². The Kier molecular flexibility index (Phi) is 6.06. The molecule has 1 aliphatic rings. The van der Waals surface area contributed by atoms with E-state index in [9.17, 15) is 4.79 Å².